The molecule has 0 bridgehead atoms. The summed E-state index contributed by atoms with van der Waals surface area (Å²) in [6.45, 7) is 2.37. The number of hydrogen-bond donors (Lipinski definition) is 1. The van der Waals surface area contributed by atoms with E-state index < -0.39 is 10.0 Å². The van der Waals surface area contributed by atoms with Crippen LogP contribution in [0.2, 0.25) is 4.34 Å². The van der Waals surface area contributed by atoms with Crippen molar-refractivity contribution in [3.8, 4) is 0 Å². The Bertz CT molecular complexity index is 1130. The molecule has 0 spiro atoms. The summed E-state index contributed by atoms with van der Waals surface area (Å²) in [6, 6.07) is 10.3. The number of fused-ring (bicyclic) bond motifs is 1. The molecule has 0 aliphatic carbocycles. The third-order valence-corrected chi connectivity index (χ3v) is 8.11. The van der Waals surface area contributed by atoms with E-state index >= 15 is 0 Å². The fourth-order valence-corrected chi connectivity index (χ4v) is 6.17. The molecule has 0 unspecified atom stereocenters. The Morgan fingerprint density at radius 3 is 2.56 bits per heavy atom. The van der Waals surface area contributed by atoms with Crippen LogP contribution < -0.4 is 5.56 Å². The van der Waals surface area contributed by atoms with E-state index in [1.54, 1.807) is 24.3 Å². The predicted molar refractivity (Wildman–Crippen MR) is 106 cm³/mol. The average molecular weight is 425 g/mol. The molecule has 0 radical (unpaired) electrons. The van der Waals surface area contributed by atoms with Gasteiger partial charge in [0.15, 0.2) is 0 Å². The molecule has 7 nitrogen and oxygen atoms in total. The molecule has 3 heterocycles. The van der Waals surface area contributed by atoms with Gasteiger partial charge in [-0.25, -0.2) is 13.4 Å². The topological polar surface area (TPSA) is 86.4 Å². The zero-order valence-electron chi connectivity index (χ0n) is 14.3. The average Bonchev–Trinajstić information content (AvgIpc) is 3.10. The van der Waals surface area contributed by atoms with Crippen molar-refractivity contribution in [1.29, 1.82) is 0 Å². The van der Waals surface area contributed by atoms with E-state index in [0.717, 1.165) is 11.3 Å². The number of rotatable bonds is 4. The standard InChI is InChI=1S/C17H17ClN4O3S2/c18-14-5-6-16(26-14)27(24,25)22-9-7-21(8-10-22)11-15-19-13-4-2-1-3-12(13)17(23)20-15/h1-6H,7-11H2,(H,19,20,23). The highest BCUT2D eigenvalue weighted by Crippen LogP contribution is 2.28. The number of nitrogens with zero attached hydrogens (tertiary/aromatic N) is 3. The van der Waals surface area contributed by atoms with Crippen molar-refractivity contribution in [3.05, 3.63) is 56.9 Å². The van der Waals surface area contributed by atoms with E-state index in [1.807, 2.05) is 12.1 Å². The Kier molecular flexibility index (Phi) is 5.04. The monoisotopic (exact) mass is 424 g/mol. The van der Waals surface area contributed by atoms with Crippen LogP contribution in [-0.4, -0.2) is 53.8 Å². The number of aromatic nitrogens is 2. The molecule has 2 aromatic heterocycles. The van der Waals surface area contributed by atoms with Crippen LogP contribution in [0.4, 0.5) is 0 Å². The van der Waals surface area contributed by atoms with Gasteiger partial charge in [0.05, 0.1) is 21.8 Å². The van der Waals surface area contributed by atoms with Crippen LogP contribution in [0.3, 0.4) is 0 Å². The number of sulfonamides is 1. The molecule has 1 saturated heterocycles. The quantitative estimate of drug-likeness (QED) is 0.693. The highest BCUT2D eigenvalue weighted by molar-refractivity contribution is 7.91. The number of aromatic amines is 1. The number of para-hydroxylation sites is 1. The van der Waals surface area contributed by atoms with E-state index in [2.05, 4.69) is 14.9 Å². The summed E-state index contributed by atoms with van der Waals surface area (Å²) in [4.78, 5) is 21.6. The Morgan fingerprint density at radius 2 is 1.85 bits per heavy atom. The number of piperazine rings is 1. The molecule has 1 N–H and O–H groups in total. The maximum atomic E-state index is 12.7. The van der Waals surface area contributed by atoms with E-state index in [1.165, 1.54) is 4.31 Å². The van der Waals surface area contributed by atoms with Gasteiger partial charge in [-0.15, -0.1) is 11.3 Å². The van der Waals surface area contributed by atoms with Crippen LogP contribution >= 0.6 is 22.9 Å². The normalized spacial score (nSPS) is 16.8. The Balaban J connectivity index is 1.45. The zero-order valence-corrected chi connectivity index (χ0v) is 16.6. The molecule has 1 aromatic carbocycles. The van der Waals surface area contributed by atoms with Crippen LogP contribution in [0.25, 0.3) is 10.9 Å². The second kappa shape index (κ2) is 7.33. The summed E-state index contributed by atoms with van der Waals surface area (Å²) in [5, 5.41) is 0.562. The second-order valence-corrected chi connectivity index (χ2v) is 10.1. The molecule has 27 heavy (non-hydrogen) atoms. The Labute approximate surface area is 165 Å². The Hall–Kier alpha value is -1.78. The molecule has 142 valence electrons. The number of halogens is 1. The lowest BCUT2D eigenvalue weighted by atomic mass is 10.2. The smallest absolute Gasteiger partial charge is 0.258 e. The van der Waals surface area contributed by atoms with E-state index in [9.17, 15) is 13.2 Å². The minimum absolute atomic E-state index is 0.161. The summed E-state index contributed by atoms with van der Waals surface area (Å²) in [7, 11) is -3.51. The van der Waals surface area contributed by atoms with Crippen molar-refractivity contribution in [2.75, 3.05) is 26.2 Å². The lowest BCUT2D eigenvalue weighted by Crippen LogP contribution is -2.48. The number of nitrogens with one attached hydrogen (secondary N) is 1. The van der Waals surface area contributed by atoms with Gasteiger partial charge in [0.25, 0.3) is 15.6 Å². The largest absolute Gasteiger partial charge is 0.309 e. The van der Waals surface area contributed by atoms with Gasteiger partial charge in [-0.2, -0.15) is 4.31 Å². The maximum Gasteiger partial charge on any atom is 0.258 e. The highest BCUT2D eigenvalue weighted by atomic mass is 35.5. The summed E-state index contributed by atoms with van der Waals surface area (Å²) < 4.78 is 27.5. The van der Waals surface area contributed by atoms with E-state index in [-0.39, 0.29) is 9.77 Å². The third kappa shape index (κ3) is 3.78. The highest BCUT2D eigenvalue weighted by Gasteiger charge is 2.29. The van der Waals surface area contributed by atoms with Gasteiger partial charge in [-0.1, -0.05) is 23.7 Å². The lowest BCUT2D eigenvalue weighted by Gasteiger charge is -2.33. The van der Waals surface area contributed by atoms with Gasteiger partial charge in [-0.3, -0.25) is 9.69 Å². The predicted octanol–water partition coefficient (Wildman–Crippen LogP) is 2.14. The summed E-state index contributed by atoms with van der Waals surface area (Å²) in [5.74, 6) is 0.583. The van der Waals surface area contributed by atoms with Gasteiger partial charge in [0, 0.05) is 26.2 Å². The first-order valence-corrected chi connectivity index (χ1v) is 11.0. The van der Waals surface area contributed by atoms with Gasteiger partial charge in [0.1, 0.15) is 10.0 Å². The Morgan fingerprint density at radius 1 is 1.11 bits per heavy atom. The van der Waals surface area contributed by atoms with Crippen molar-refractivity contribution in [2.24, 2.45) is 0 Å². The third-order valence-electron chi connectivity index (χ3n) is 4.51. The fraction of sp³-hybridized carbons (Fsp3) is 0.294. The molecule has 4 rings (SSSR count). The first kappa shape index (κ1) is 18.6. The van der Waals surface area contributed by atoms with Crippen LogP contribution in [0, 0.1) is 0 Å². The molecule has 10 heteroatoms. The molecule has 1 fully saturated rings. The van der Waals surface area contributed by atoms with Gasteiger partial charge in [0.2, 0.25) is 0 Å². The maximum absolute atomic E-state index is 12.7. The summed E-state index contributed by atoms with van der Waals surface area (Å²) in [5.41, 5.74) is 0.499. The number of H-pyrrole nitrogens is 1. The minimum atomic E-state index is -3.51. The van der Waals surface area contributed by atoms with Crippen molar-refractivity contribution in [3.63, 3.8) is 0 Å². The molecule has 0 atom stereocenters. The number of hydrogen-bond acceptors (Lipinski definition) is 6. The summed E-state index contributed by atoms with van der Waals surface area (Å²) >= 11 is 6.93. The van der Waals surface area contributed by atoms with Crippen molar-refractivity contribution in [1.82, 2.24) is 19.2 Å². The van der Waals surface area contributed by atoms with Crippen LogP contribution in [0.5, 0.6) is 0 Å². The SMILES string of the molecule is O=c1[nH]c(CN2CCN(S(=O)(=O)c3ccc(Cl)s3)CC2)nc2ccccc12. The fourth-order valence-electron chi connectivity index (χ4n) is 3.11. The van der Waals surface area contributed by atoms with E-state index in [0.29, 0.717) is 53.8 Å². The zero-order chi connectivity index (χ0) is 19.0. The van der Waals surface area contributed by atoms with Gasteiger partial charge >= 0.3 is 0 Å². The first-order chi connectivity index (χ1) is 12.9. The van der Waals surface area contributed by atoms with Crippen molar-refractivity contribution < 1.29 is 8.42 Å². The van der Waals surface area contributed by atoms with Crippen molar-refractivity contribution in [2.45, 2.75) is 10.8 Å². The minimum Gasteiger partial charge on any atom is -0.309 e. The first-order valence-electron chi connectivity index (χ1n) is 8.39. The molecular weight excluding hydrogens is 408 g/mol. The molecule has 1 aliphatic rings. The van der Waals surface area contributed by atoms with Crippen molar-refractivity contribution >= 4 is 43.9 Å². The molecular formula is C17H17ClN4O3S2. The lowest BCUT2D eigenvalue weighted by molar-refractivity contribution is 0.178. The number of benzene rings is 1. The molecule has 1 aliphatic heterocycles. The second-order valence-electron chi connectivity index (χ2n) is 6.27. The molecule has 0 saturated carbocycles. The number of thiophene rings is 1. The molecule has 3 aromatic rings. The molecule has 0 amide bonds. The van der Waals surface area contributed by atoms with Gasteiger partial charge < -0.3 is 4.98 Å². The van der Waals surface area contributed by atoms with Crippen LogP contribution in [0.15, 0.2) is 45.4 Å². The van der Waals surface area contributed by atoms with Crippen LogP contribution in [0.1, 0.15) is 5.82 Å². The van der Waals surface area contributed by atoms with E-state index in [4.69, 9.17) is 11.6 Å². The van der Waals surface area contributed by atoms with Crippen LogP contribution in [-0.2, 0) is 16.6 Å². The summed E-state index contributed by atoms with van der Waals surface area (Å²) in [6.07, 6.45) is 0. The van der Waals surface area contributed by atoms with Gasteiger partial charge in [-0.05, 0) is 24.3 Å².